The van der Waals surface area contributed by atoms with E-state index in [1.807, 2.05) is 31.2 Å². The molecule has 2 nitrogen and oxygen atoms in total. The van der Waals surface area contributed by atoms with Crippen LogP contribution in [0.25, 0.3) is 0 Å². The molecule has 0 spiro atoms. The summed E-state index contributed by atoms with van der Waals surface area (Å²) in [5.41, 5.74) is 0.971. The van der Waals surface area contributed by atoms with Gasteiger partial charge in [-0.2, -0.15) is 0 Å². The first-order valence-corrected chi connectivity index (χ1v) is 6.63. The molecule has 2 unspecified atom stereocenters. The third kappa shape index (κ3) is 3.30. The predicted molar refractivity (Wildman–Crippen MR) is 69.3 cm³/mol. The number of rotatable bonds is 5. The van der Waals surface area contributed by atoms with Gasteiger partial charge in [0.2, 0.25) is 0 Å². The first-order chi connectivity index (χ1) is 7.66. The highest BCUT2D eigenvalue weighted by Gasteiger charge is 2.23. The Hall–Kier alpha value is -0.380. The molecule has 0 amide bonds. The Labute approximate surface area is 105 Å². The van der Waals surface area contributed by atoms with Gasteiger partial charge in [0.15, 0.2) is 0 Å². The number of hydrogen-bond donors (Lipinski definition) is 2. The first kappa shape index (κ1) is 12.1. The van der Waals surface area contributed by atoms with Crippen LogP contribution in [0.5, 0.6) is 0 Å². The van der Waals surface area contributed by atoms with Gasteiger partial charge in [-0.15, -0.1) is 0 Å². The van der Waals surface area contributed by atoms with Crippen LogP contribution in [0, 0.1) is 5.92 Å². The number of halogens is 1. The number of nitrogens with one attached hydrogen (secondary N) is 1. The van der Waals surface area contributed by atoms with E-state index in [-0.39, 0.29) is 6.04 Å². The minimum absolute atomic E-state index is 0.113. The molecular formula is C13H18BrNO. The third-order valence-electron chi connectivity index (χ3n) is 3.11. The number of aliphatic hydroxyl groups is 1. The predicted octanol–water partition coefficient (Wildman–Crippen LogP) is 2.87. The maximum Gasteiger partial charge on any atom is 0.0940 e. The summed E-state index contributed by atoms with van der Waals surface area (Å²) < 4.78 is 1.04. The van der Waals surface area contributed by atoms with E-state index in [0.717, 1.165) is 22.5 Å². The molecule has 2 N–H and O–H groups in total. The fourth-order valence-electron chi connectivity index (χ4n) is 1.73. The molecule has 1 aromatic carbocycles. The van der Waals surface area contributed by atoms with Gasteiger partial charge in [-0.05, 0) is 49.9 Å². The topological polar surface area (TPSA) is 32.3 Å². The molecule has 1 aliphatic rings. The Kier molecular flexibility index (Phi) is 4.00. The molecule has 0 saturated heterocycles. The van der Waals surface area contributed by atoms with Crippen molar-refractivity contribution >= 4 is 15.9 Å². The van der Waals surface area contributed by atoms with E-state index in [2.05, 4.69) is 21.2 Å². The molecule has 3 heteroatoms. The Bertz CT molecular complexity index is 334. The Morgan fingerprint density at radius 2 is 2.00 bits per heavy atom. The molecule has 1 aromatic rings. The van der Waals surface area contributed by atoms with E-state index in [4.69, 9.17) is 0 Å². The van der Waals surface area contributed by atoms with Gasteiger partial charge in [-0.25, -0.2) is 0 Å². The van der Waals surface area contributed by atoms with Gasteiger partial charge in [0.25, 0.3) is 0 Å². The van der Waals surface area contributed by atoms with Crippen molar-refractivity contribution in [1.29, 1.82) is 0 Å². The highest BCUT2D eigenvalue weighted by molar-refractivity contribution is 9.10. The van der Waals surface area contributed by atoms with Crippen molar-refractivity contribution in [3.8, 4) is 0 Å². The largest absolute Gasteiger partial charge is 0.387 e. The lowest BCUT2D eigenvalue weighted by Gasteiger charge is -2.20. The van der Waals surface area contributed by atoms with Crippen molar-refractivity contribution in [1.82, 2.24) is 5.32 Å². The van der Waals surface area contributed by atoms with Crippen LogP contribution in [0.2, 0.25) is 0 Å². The van der Waals surface area contributed by atoms with Crippen LogP contribution in [0.4, 0.5) is 0 Å². The molecule has 0 aromatic heterocycles. The van der Waals surface area contributed by atoms with E-state index < -0.39 is 6.10 Å². The second-order valence-electron chi connectivity index (χ2n) is 4.64. The van der Waals surface area contributed by atoms with Crippen LogP contribution < -0.4 is 5.32 Å². The van der Waals surface area contributed by atoms with Crippen LogP contribution >= 0.6 is 15.9 Å². The molecule has 1 aliphatic carbocycles. The lowest BCUT2D eigenvalue weighted by molar-refractivity contribution is 0.135. The highest BCUT2D eigenvalue weighted by Crippen LogP contribution is 2.28. The highest BCUT2D eigenvalue weighted by atomic mass is 79.9. The zero-order valence-corrected chi connectivity index (χ0v) is 11.1. The van der Waals surface area contributed by atoms with Crippen LogP contribution in [-0.2, 0) is 0 Å². The number of hydrogen-bond acceptors (Lipinski definition) is 2. The first-order valence-electron chi connectivity index (χ1n) is 5.83. The number of aliphatic hydroxyl groups excluding tert-OH is 1. The molecule has 0 radical (unpaired) electrons. The van der Waals surface area contributed by atoms with Gasteiger partial charge in [-0.3, -0.25) is 0 Å². The van der Waals surface area contributed by atoms with Gasteiger partial charge in [0.1, 0.15) is 0 Å². The Morgan fingerprint density at radius 3 is 2.56 bits per heavy atom. The van der Waals surface area contributed by atoms with Gasteiger partial charge in [-0.1, -0.05) is 28.1 Å². The third-order valence-corrected chi connectivity index (χ3v) is 3.64. The fourth-order valence-corrected chi connectivity index (χ4v) is 2.00. The Morgan fingerprint density at radius 1 is 1.38 bits per heavy atom. The second kappa shape index (κ2) is 5.30. The second-order valence-corrected chi connectivity index (χ2v) is 5.55. The van der Waals surface area contributed by atoms with Gasteiger partial charge >= 0.3 is 0 Å². The van der Waals surface area contributed by atoms with Crippen molar-refractivity contribution < 1.29 is 5.11 Å². The minimum Gasteiger partial charge on any atom is -0.387 e. The molecule has 88 valence electrons. The summed E-state index contributed by atoms with van der Waals surface area (Å²) in [5, 5.41) is 13.5. The van der Waals surface area contributed by atoms with Gasteiger partial charge in [0, 0.05) is 10.5 Å². The minimum atomic E-state index is -0.424. The monoisotopic (exact) mass is 283 g/mol. The molecule has 0 bridgehead atoms. The fraction of sp³-hybridized carbons (Fsp3) is 0.538. The van der Waals surface area contributed by atoms with Crippen LogP contribution in [0.3, 0.4) is 0 Å². The maximum absolute atomic E-state index is 10.1. The van der Waals surface area contributed by atoms with Gasteiger partial charge < -0.3 is 10.4 Å². The summed E-state index contributed by atoms with van der Waals surface area (Å²) in [6.07, 6.45) is 2.26. The average Bonchev–Trinajstić information content (AvgIpc) is 3.10. The summed E-state index contributed by atoms with van der Waals surface area (Å²) in [6, 6.07) is 7.97. The number of benzene rings is 1. The normalized spacial score (nSPS) is 19.4. The van der Waals surface area contributed by atoms with Crippen molar-refractivity contribution in [3.05, 3.63) is 34.3 Å². The lowest BCUT2D eigenvalue weighted by atomic mass is 10.0. The maximum atomic E-state index is 10.1. The Balaban J connectivity index is 1.88. The standard InChI is InChI=1S/C13H18BrNO/c1-9(15-8-10-2-3-10)13(16)11-4-6-12(14)7-5-11/h4-7,9-10,13,15-16H,2-3,8H2,1H3. The molecule has 0 heterocycles. The molecule has 2 rings (SSSR count). The summed E-state index contributed by atoms with van der Waals surface area (Å²) in [7, 11) is 0. The van der Waals surface area contributed by atoms with Crippen molar-refractivity contribution in [2.24, 2.45) is 5.92 Å². The van der Waals surface area contributed by atoms with Crippen LogP contribution in [-0.4, -0.2) is 17.7 Å². The molecule has 16 heavy (non-hydrogen) atoms. The summed E-state index contributed by atoms with van der Waals surface area (Å²) in [6.45, 7) is 3.07. The average molecular weight is 284 g/mol. The summed E-state index contributed by atoms with van der Waals surface area (Å²) in [4.78, 5) is 0. The van der Waals surface area contributed by atoms with E-state index >= 15 is 0 Å². The summed E-state index contributed by atoms with van der Waals surface area (Å²) in [5.74, 6) is 0.847. The molecule has 0 aliphatic heterocycles. The quantitative estimate of drug-likeness (QED) is 0.871. The van der Waals surface area contributed by atoms with E-state index in [0.29, 0.717) is 0 Å². The summed E-state index contributed by atoms with van der Waals surface area (Å²) >= 11 is 3.39. The zero-order chi connectivity index (χ0) is 11.5. The SMILES string of the molecule is CC(NCC1CC1)C(O)c1ccc(Br)cc1. The molecule has 1 fully saturated rings. The van der Waals surface area contributed by atoms with E-state index in [9.17, 15) is 5.11 Å². The molecule has 1 saturated carbocycles. The van der Waals surface area contributed by atoms with Crippen LogP contribution in [0.1, 0.15) is 31.4 Å². The molecule has 2 atom stereocenters. The van der Waals surface area contributed by atoms with Crippen molar-refractivity contribution in [3.63, 3.8) is 0 Å². The zero-order valence-electron chi connectivity index (χ0n) is 9.49. The van der Waals surface area contributed by atoms with Crippen molar-refractivity contribution in [2.75, 3.05) is 6.54 Å². The molecular weight excluding hydrogens is 266 g/mol. The van der Waals surface area contributed by atoms with Crippen LogP contribution in [0.15, 0.2) is 28.7 Å². The lowest BCUT2D eigenvalue weighted by Crippen LogP contribution is -2.33. The smallest absolute Gasteiger partial charge is 0.0940 e. The van der Waals surface area contributed by atoms with E-state index in [1.165, 1.54) is 12.8 Å². The van der Waals surface area contributed by atoms with Gasteiger partial charge in [0.05, 0.1) is 6.10 Å². The van der Waals surface area contributed by atoms with E-state index in [1.54, 1.807) is 0 Å². The van der Waals surface area contributed by atoms with Crippen molar-refractivity contribution in [2.45, 2.75) is 31.9 Å².